The van der Waals surface area contributed by atoms with Gasteiger partial charge in [-0.2, -0.15) is 0 Å². The summed E-state index contributed by atoms with van der Waals surface area (Å²) in [7, 11) is 0. The van der Waals surface area contributed by atoms with Gasteiger partial charge in [-0.1, -0.05) is 152 Å². The van der Waals surface area contributed by atoms with Crippen molar-refractivity contribution in [3.05, 3.63) is 163 Å². The minimum absolute atomic E-state index is 0.678. The maximum atomic E-state index is 5.04. The van der Waals surface area contributed by atoms with Crippen LogP contribution in [0.3, 0.4) is 0 Å². The fraction of sp³-hybridized carbons (Fsp3) is 0.0250. The Morgan fingerprint density at radius 1 is 0.279 bits per heavy atom. The molecule has 0 amide bonds. The highest BCUT2D eigenvalue weighted by Gasteiger charge is 2.26. The third-order valence-electron chi connectivity index (χ3n) is 8.24. The van der Waals surface area contributed by atoms with Crippen molar-refractivity contribution in [2.24, 2.45) is 0 Å². The molecule has 202 valence electrons. The fourth-order valence-corrected chi connectivity index (χ4v) is 6.12. The van der Waals surface area contributed by atoms with Crippen LogP contribution in [0.4, 0.5) is 0 Å². The van der Waals surface area contributed by atoms with Crippen LogP contribution in [0.25, 0.3) is 67.5 Å². The highest BCUT2D eigenvalue weighted by Crippen LogP contribution is 2.45. The molecule has 0 bridgehead atoms. The van der Waals surface area contributed by atoms with Crippen LogP contribution in [0.5, 0.6) is 0 Å². The van der Waals surface area contributed by atoms with E-state index < -0.39 is 0 Å². The first kappa shape index (κ1) is 25.1. The predicted molar refractivity (Wildman–Crippen MR) is 175 cm³/mol. The van der Waals surface area contributed by atoms with Crippen LogP contribution in [0.2, 0.25) is 0 Å². The van der Waals surface area contributed by atoms with Gasteiger partial charge in [-0.05, 0) is 44.5 Å². The molecule has 1 heterocycles. The minimum atomic E-state index is 0.678. The number of rotatable bonds is 5. The number of nitrogens with zero attached hydrogens (tertiary/aromatic N) is 3. The van der Waals surface area contributed by atoms with Gasteiger partial charge >= 0.3 is 0 Å². The average Bonchev–Trinajstić information content (AvgIpc) is 3.49. The van der Waals surface area contributed by atoms with Crippen molar-refractivity contribution in [2.75, 3.05) is 0 Å². The third kappa shape index (κ3) is 4.61. The molecule has 6 aromatic carbocycles. The molecule has 1 aliphatic rings. The number of fused-ring (bicyclic) bond motifs is 3. The molecular weight excluding hydrogens is 522 g/mol. The summed E-state index contributed by atoms with van der Waals surface area (Å²) >= 11 is 0. The van der Waals surface area contributed by atoms with Gasteiger partial charge in [-0.25, -0.2) is 15.0 Å². The summed E-state index contributed by atoms with van der Waals surface area (Å²) in [6.45, 7) is 0. The highest BCUT2D eigenvalue weighted by molar-refractivity contribution is 5.89. The van der Waals surface area contributed by atoms with Crippen molar-refractivity contribution in [3.8, 4) is 67.5 Å². The zero-order valence-electron chi connectivity index (χ0n) is 23.5. The Hall–Kier alpha value is -5.67. The first-order valence-electron chi connectivity index (χ1n) is 14.6. The normalized spacial score (nSPS) is 11.6. The molecule has 8 rings (SSSR count). The van der Waals surface area contributed by atoms with E-state index in [0.717, 1.165) is 23.1 Å². The maximum Gasteiger partial charge on any atom is 0.164 e. The van der Waals surface area contributed by atoms with E-state index in [1.807, 2.05) is 36.4 Å². The molecule has 0 spiro atoms. The lowest BCUT2D eigenvalue weighted by molar-refractivity contribution is 1.07. The second-order valence-corrected chi connectivity index (χ2v) is 10.8. The van der Waals surface area contributed by atoms with E-state index in [2.05, 4.69) is 115 Å². The molecule has 0 N–H and O–H groups in total. The molecular formula is C40H27N3. The summed E-state index contributed by atoms with van der Waals surface area (Å²) in [4.78, 5) is 15.0. The summed E-state index contributed by atoms with van der Waals surface area (Å²) in [5, 5.41) is 0. The van der Waals surface area contributed by atoms with Gasteiger partial charge in [0.05, 0.1) is 0 Å². The van der Waals surface area contributed by atoms with Crippen LogP contribution in [-0.2, 0) is 6.42 Å². The standard InChI is InChI=1S/C40H27N3/c1-4-12-27(13-5-1)28-22-24-29(25-23-28)32-18-10-19-33-34-20-11-21-35(37(34)26-36(32)33)40-42-38(30-14-6-2-7-15-30)41-39(43-40)31-16-8-3-9-17-31/h1-25H,26H2. The molecule has 1 aromatic heterocycles. The van der Waals surface area contributed by atoms with Gasteiger partial charge in [0.2, 0.25) is 0 Å². The molecule has 0 saturated heterocycles. The zero-order chi connectivity index (χ0) is 28.6. The van der Waals surface area contributed by atoms with E-state index in [-0.39, 0.29) is 0 Å². The fourth-order valence-electron chi connectivity index (χ4n) is 6.12. The lowest BCUT2D eigenvalue weighted by Crippen LogP contribution is -2.01. The Kier molecular flexibility index (Phi) is 6.20. The van der Waals surface area contributed by atoms with E-state index in [0.29, 0.717) is 17.5 Å². The highest BCUT2D eigenvalue weighted by atomic mass is 15.0. The first-order valence-corrected chi connectivity index (χ1v) is 14.6. The van der Waals surface area contributed by atoms with Crippen LogP contribution in [-0.4, -0.2) is 15.0 Å². The van der Waals surface area contributed by atoms with Gasteiger partial charge in [0.25, 0.3) is 0 Å². The monoisotopic (exact) mass is 549 g/mol. The summed E-state index contributed by atoms with van der Waals surface area (Å²) < 4.78 is 0. The van der Waals surface area contributed by atoms with Crippen LogP contribution in [0.15, 0.2) is 152 Å². The largest absolute Gasteiger partial charge is 0.208 e. The Morgan fingerprint density at radius 2 is 0.674 bits per heavy atom. The van der Waals surface area contributed by atoms with Crippen molar-refractivity contribution in [2.45, 2.75) is 6.42 Å². The van der Waals surface area contributed by atoms with Gasteiger partial charge in [-0.15, -0.1) is 0 Å². The average molecular weight is 550 g/mol. The molecule has 43 heavy (non-hydrogen) atoms. The summed E-state index contributed by atoms with van der Waals surface area (Å²) in [5.74, 6) is 2.06. The van der Waals surface area contributed by atoms with Gasteiger partial charge in [0, 0.05) is 23.1 Å². The number of hydrogen-bond acceptors (Lipinski definition) is 3. The van der Waals surface area contributed by atoms with E-state index in [9.17, 15) is 0 Å². The molecule has 0 unspecified atom stereocenters. The molecule has 0 fully saturated rings. The second-order valence-electron chi connectivity index (χ2n) is 10.8. The first-order chi connectivity index (χ1) is 21.3. The van der Waals surface area contributed by atoms with Crippen LogP contribution in [0.1, 0.15) is 11.1 Å². The second kappa shape index (κ2) is 10.6. The Balaban J connectivity index is 1.22. The Labute approximate surface area is 251 Å². The predicted octanol–water partition coefficient (Wildman–Crippen LogP) is 9.78. The quantitative estimate of drug-likeness (QED) is 0.214. The van der Waals surface area contributed by atoms with Crippen molar-refractivity contribution >= 4 is 0 Å². The molecule has 7 aromatic rings. The topological polar surface area (TPSA) is 38.7 Å². The third-order valence-corrected chi connectivity index (χ3v) is 8.24. The van der Waals surface area contributed by atoms with Crippen molar-refractivity contribution in [1.29, 1.82) is 0 Å². The summed E-state index contributed by atoms with van der Waals surface area (Å²) in [6, 6.07) is 52.9. The van der Waals surface area contributed by atoms with Crippen LogP contribution >= 0.6 is 0 Å². The molecule has 0 saturated carbocycles. The van der Waals surface area contributed by atoms with E-state index in [4.69, 9.17) is 15.0 Å². The smallest absolute Gasteiger partial charge is 0.164 e. The van der Waals surface area contributed by atoms with Crippen molar-refractivity contribution in [1.82, 2.24) is 15.0 Å². The van der Waals surface area contributed by atoms with Gasteiger partial charge < -0.3 is 0 Å². The lowest BCUT2D eigenvalue weighted by atomic mass is 9.94. The Bertz CT molecular complexity index is 2010. The van der Waals surface area contributed by atoms with E-state index in [1.165, 1.54) is 44.5 Å². The minimum Gasteiger partial charge on any atom is -0.208 e. The van der Waals surface area contributed by atoms with E-state index >= 15 is 0 Å². The van der Waals surface area contributed by atoms with E-state index in [1.54, 1.807) is 0 Å². The molecule has 0 radical (unpaired) electrons. The lowest BCUT2D eigenvalue weighted by Gasteiger charge is -2.11. The zero-order valence-corrected chi connectivity index (χ0v) is 23.5. The van der Waals surface area contributed by atoms with Gasteiger partial charge in [0.1, 0.15) is 0 Å². The number of benzene rings is 6. The molecule has 3 nitrogen and oxygen atoms in total. The Morgan fingerprint density at radius 3 is 1.23 bits per heavy atom. The van der Waals surface area contributed by atoms with Gasteiger partial charge in [0.15, 0.2) is 17.5 Å². The molecule has 3 heteroatoms. The van der Waals surface area contributed by atoms with Gasteiger partial charge in [-0.3, -0.25) is 0 Å². The maximum absolute atomic E-state index is 5.04. The summed E-state index contributed by atoms with van der Waals surface area (Å²) in [5.41, 5.74) is 13.1. The van der Waals surface area contributed by atoms with Crippen molar-refractivity contribution < 1.29 is 0 Å². The number of aromatic nitrogens is 3. The SMILES string of the molecule is c1ccc(-c2ccc(-c3cccc4c3Cc3c(-c5nc(-c6ccccc6)nc(-c6ccccc6)n5)cccc3-4)cc2)cc1. The molecule has 1 aliphatic carbocycles. The molecule has 0 atom stereocenters. The van der Waals surface area contributed by atoms with Crippen molar-refractivity contribution in [3.63, 3.8) is 0 Å². The summed E-state index contributed by atoms with van der Waals surface area (Å²) in [6.07, 6.45) is 0.824. The number of hydrogen-bond donors (Lipinski definition) is 0. The molecule has 0 aliphatic heterocycles. The van der Waals surface area contributed by atoms with Crippen LogP contribution in [0, 0.1) is 0 Å². The van der Waals surface area contributed by atoms with Crippen LogP contribution < -0.4 is 0 Å².